The summed E-state index contributed by atoms with van der Waals surface area (Å²) < 4.78 is 53.2. The minimum atomic E-state index is -4.22. The first-order valence-electron chi connectivity index (χ1n) is 4.36. The van der Waals surface area contributed by atoms with Crippen LogP contribution in [0.25, 0.3) is 0 Å². The Morgan fingerprint density at radius 3 is 2.59 bits per heavy atom. The van der Waals surface area contributed by atoms with E-state index in [0.717, 1.165) is 6.20 Å². The highest BCUT2D eigenvalue weighted by Gasteiger charge is 2.41. The molecule has 0 spiro atoms. The number of halogens is 6. The molecular formula is C9H7Cl2F4NO. The van der Waals surface area contributed by atoms with Gasteiger partial charge in [0.2, 0.25) is 5.88 Å². The summed E-state index contributed by atoms with van der Waals surface area (Å²) in [6.07, 6.45) is -2.64. The van der Waals surface area contributed by atoms with Crippen LogP contribution in [-0.2, 0) is 5.88 Å². The Bertz CT molecular complexity index is 389. The third-order valence-corrected chi connectivity index (χ3v) is 2.41. The number of ether oxygens (including phenoxy) is 1. The van der Waals surface area contributed by atoms with Crippen LogP contribution in [0.5, 0.6) is 5.88 Å². The zero-order valence-electron chi connectivity index (χ0n) is 8.27. The topological polar surface area (TPSA) is 22.1 Å². The van der Waals surface area contributed by atoms with Gasteiger partial charge in [0.1, 0.15) is 0 Å². The quantitative estimate of drug-likeness (QED) is 0.609. The molecule has 0 fully saturated rings. The minimum Gasteiger partial charge on any atom is -0.471 e. The van der Waals surface area contributed by atoms with Gasteiger partial charge in [-0.3, -0.25) is 0 Å². The highest BCUT2D eigenvalue weighted by atomic mass is 35.5. The Labute approximate surface area is 104 Å². The fourth-order valence-corrected chi connectivity index (χ4v) is 1.33. The SMILES string of the molecule is FC(F)C(F)(F)COc1cc(CCl)c(Cl)cn1. The van der Waals surface area contributed by atoms with E-state index in [4.69, 9.17) is 23.2 Å². The molecule has 0 aliphatic carbocycles. The fourth-order valence-electron chi connectivity index (χ4n) is 0.873. The van der Waals surface area contributed by atoms with E-state index in [0.29, 0.717) is 5.56 Å². The lowest BCUT2D eigenvalue weighted by Crippen LogP contribution is -2.33. The zero-order valence-corrected chi connectivity index (χ0v) is 9.78. The van der Waals surface area contributed by atoms with E-state index in [-0.39, 0.29) is 16.8 Å². The first kappa shape index (κ1) is 14.3. The predicted molar refractivity (Wildman–Crippen MR) is 55.3 cm³/mol. The van der Waals surface area contributed by atoms with Gasteiger partial charge in [-0.05, 0) is 5.56 Å². The standard InChI is InChI=1S/C9H7Cl2F4NO/c10-2-5-1-7(16-3-6(5)11)17-4-9(14,15)8(12)13/h1,3,8H,2,4H2. The number of rotatable bonds is 5. The number of aromatic nitrogens is 1. The molecule has 0 radical (unpaired) electrons. The molecule has 2 nitrogen and oxygen atoms in total. The Hall–Kier alpha value is -0.750. The molecule has 1 heterocycles. The van der Waals surface area contributed by atoms with Gasteiger partial charge in [-0.25, -0.2) is 13.8 Å². The summed E-state index contributed by atoms with van der Waals surface area (Å²) in [4.78, 5) is 3.56. The van der Waals surface area contributed by atoms with Gasteiger partial charge in [-0.1, -0.05) is 11.6 Å². The molecule has 0 aliphatic rings. The van der Waals surface area contributed by atoms with Crippen LogP contribution in [0.15, 0.2) is 12.3 Å². The van der Waals surface area contributed by atoms with Crippen LogP contribution in [0.4, 0.5) is 17.6 Å². The Morgan fingerprint density at radius 2 is 2.06 bits per heavy atom. The van der Waals surface area contributed by atoms with Crippen LogP contribution in [0.3, 0.4) is 0 Å². The van der Waals surface area contributed by atoms with Gasteiger partial charge in [0.05, 0.1) is 5.02 Å². The Balaban J connectivity index is 2.70. The molecule has 0 saturated heterocycles. The average Bonchev–Trinajstić information content (AvgIpc) is 2.28. The minimum absolute atomic E-state index is 0.0307. The van der Waals surface area contributed by atoms with Crippen LogP contribution >= 0.6 is 23.2 Å². The van der Waals surface area contributed by atoms with Crippen LogP contribution in [0, 0.1) is 0 Å². The molecule has 0 bridgehead atoms. The van der Waals surface area contributed by atoms with Crippen molar-refractivity contribution in [1.82, 2.24) is 4.98 Å². The van der Waals surface area contributed by atoms with Gasteiger partial charge in [0.15, 0.2) is 6.61 Å². The normalized spacial score (nSPS) is 11.9. The number of pyridine rings is 1. The second kappa shape index (κ2) is 5.73. The summed E-state index contributed by atoms with van der Waals surface area (Å²) in [6, 6.07) is 1.22. The van der Waals surface area contributed by atoms with Gasteiger partial charge >= 0.3 is 12.3 Å². The third kappa shape index (κ3) is 3.89. The highest BCUT2D eigenvalue weighted by molar-refractivity contribution is 6.32. The van der Waals surface area contributed by atoms with Crippen molar-refractivity contribution in [3.8, 4) is 5.88 Å². The molecule has 17 heavy (non-hydrogen) atoms. The van der Waals surface area contributed by atoms with Gasteiger partial charge in [0.25, 0.3) is 0 Å². The first-order valence-corrected chi connectivity index (χ1v) is 5.27. The van der Waals surface area contributed by atoms with Crippen molar-refractivity contribution in [2.24, 2.45) is 0 Å². The summed E-state index contributed by atoms with van der Waals surface area (Å²) in [6.45, 7) is -1.46. The van der Waals surface area contributed by atoms with Crippen molar-refractivity contribution in [3.63, 3.8) is 0 Å². The number of hydrogen-bond donors (Lipinski definition) is 0. The molecule has 96 valence electrons. The summed E-state index contributed by atoms with van der Waals surface area (Å²) in [7, 11) is 0. The lowest BCUT2D eigenvalue weighted by atomic mass is 10.3. The molecule has 1 rings (SSSR count). The molecule has 1 aromatic heterocycles. The molecule has 0 amide bonds. The predicted octanol–water partition coefficient (Wildman–Crippen LogP) is 3.75. The maximum atomic E-state index is 12.5. The highest BCUT2D eigenvalue weighted by Crippen LogP contribution is 2.25. The largest absolute Gasteiger partial charge is 0.471 e. The fraction of sp³-hybridized carbons (Fsp3) is 0.444. The second-order valence-corrected chi connectivity index (χ2v) is 3.77. The Morgan fingerprint density at radius 1 is 1.41 bits per heavy atom. The average molecular weight is 292 g/mol. The van der Waals surface area contributed by atoms with Gasteiger partial charge < -0.3 is 4.74 Å². The van der Waals surface area contributed by atoms with Crippen molar-refractivity contribution >= 4 is 23.2 Å². The van der Waals surface area contributed by atoms with Gasteiger partial charge in [-0.15, -0.1) is 11.6 Å². The maximum Gasteiger partial charge on any atom is 0.340 e. The maximum absolute atomic E-state index is 12.5. The molecule has 1 aromatic rings. The van der Waals surface area contributed by atoms with Crippen LogP contribution in [-0.4, -0.2) is 23.9 Å². The van der Waals surface area contributed by atoms with Crippen molar-refractivity contribution in [2.75, 3.05) is 6.61 Å². The number of hydrogen-bond acceptors (Lipinski definition) is 2. The molecule has 0 aromatic carbocycles. The zero-order chi connectivity index (χ0) is 13.1. The molecule has 0 saturated carbocycles. The van der Waals surface area contributed by atoms with E-state index < -0.39 is 19.0 Å². The lowest BCUT2D eigenvalue weighted by Gasteiger charge is -2.15. The van der Waals surface area contributed by atoms with E-state index in [2.05, 4.69) is 9.72 Å². The summed E-state index contributed by atoms with van der Waals surface area (Å²) >= 11 is 11.2. The summed E-state index contributed by atoms with van der Waals surface area (Å²) in [5, 5.41) is 0.243. The molecule has 0 N–H and O–H groups in total. The van der Waals surface area contributed by atoms with E-state index in [9.17, 15) is 17.6 Å². The molecule has 0 aliphatic heterocycles. The van der Waals surface area contributed by atoms with Gasteiger partial charge in [-0.2, -0.15) is 8.78 Å². The van der Waals surface area contributed by atoms with Crippen LogP contribution < -0.4 is 4.74 Å². The molecule has 8 heteroatoms. The van der Waals surface area contributed by atoms with E-state index in [1.807, 2.05) is 0 Å². The third-order valence-electron chi connectivity index (χ3n) is 1.79. The summed E-state index contributed by atoms with van der Waals surface area (Å²) in [5.74, 6) is -4.42. The van der Waals surface area contributed by atoms with Crippen LogP contribution in [0.1, 0.15) is 5.56 Å². The van der Waals surface area contributed by atoms with Crippen molar-refractivity contribution in [1.29, 1.82) is 0 Å². The van der Waals surface area contributed by atoms with Crippen LogP contribution in [0.2, 0.25) is 5.02 Å². The van der Waals surface area contributed by atoms with E-state index >= 15 is 0 Å². The van der Waals surface area contributed by atoms with Crippen molar-refractivity contribution in [2.45, 2.75) is 18.2 Å². The van der Waals surface area contributed by atoms with E-state index in [1.165, 1.54) is 6.07 Å². The number of nitrogens with zero attached hydrogens (tertiary/aromatic N) is 1. The first-order chi connectivity index (χ1) is 7.86. The van der Waals surface area contributed by atoms with Crippen molar-refractivity contribution in [3.05, 3.63) is 22.8 Å². The van der Waals surface area contributed by atoms with E-state index in [1.54, 1.807) is 0 Å². The molecular weight excluding hydrogens is 285 g/mol. The number of alkyl halides is 5. The lowest BCUT2D eigenvalue weighted by molar-refractivity contribution is -0.148. The van der Waals surface area contributed by atoms with Crippen molar-refractivity contribution < 1.29 is 22.3 Å². The summed E-state index contributed by atoms with van der Waals surface area (Å²) in [5.41, 5.74) is 0.415. The second-order valence-electron chi connectivity index (χ2n) is 3.10. The molecule has 0 atom stereocenters. The molecule has 0 unspecified atom stereocenters. The monoisotopic (exact) mass is 291 g/mol. The van der Waals surface area contributed by atoms with Gasteiger partial charge in [0, 0.05) is 18.1 Å². The smallest absolute Gasteiger partial charge is 0.340 e. The Kier molecular flexibility index (Phi) is 4.82.